The van der Waals surface area contributed by atoms with E-state index in [4.69, 9.17) is 0 Å². The first-order valence-corrected chi connectivity index (χ1v) is 13.5. The lowest BCUT2D eigenvalue weighted by atomic mass is 10.2. The third-order valence-electron chi connectivity index (χ3n) is 5.19. The van der Waals surface area contributed by atoms with Crippen molar-refractivity contribution in [2.75, 3.05) is 0 Å². The van der Waals surface area contributed by atoms with E-state index in [2.05, 4.69) is 47.7 Å². The predicted octanol–water partition coefficient (Wildman–Crippen LogP) is 6.27. The van der Waals surface area contributed by atoms with E-state index in [1.54, 1.807) is 0 Å². The smallest absolute Gasteiger partial charge is 0.432 e. The molecule has 0 amide bonds. The molecule has 0 saturated heterocycles. The number of hydrogen-bond acceptors (Lipinski definition) is 6. The molecular weight excluding hydrogens is 567 g/mol. The molecular formula is C26H19F5O6S2. The van der Waals surface area contributed by atoms with Gasteiger partial charge in [-0.25, -0.2) is 13.2 Å². The molecule has 0 fully saturated rings. The van der Waals surface area contributed by atoms with Crippen LogP contribution in [0.5, 0.6) is 0 Å². The summed E-state index contributed by atoms with van der Waals surface area (Å²) >= 11 is 0. The van der Waals surface area contributed by atoms with Gasteiger partial charge in [0, 0.05) is 16.0 Å². The van der Waals surface area contributed by atoms with E-state index in [0.29, 0.717) is 0 Å². The van der Waals surface area contributed by atoms with E-state index < -0.39 is 39.2 Å². The minimum Gasteiger partial charge on any atom is -0.743 e. The molecule has 206 valence electrons. The first kappa shape index (κ1) is 29.9. The summed E-state index contributed by atoms with van der Waals surface area (Å²) in [4.78, 5) is 24.7. The van der Waals surface area contributed by atoms with Crippen LogP contribution in [0.15, 0.2) is 95.8 Å². The van der Waals surface area contributed by atoms with Gasteiger partial charge < -0.3 is 9.29 Å². The fraction of sp³-hybridized carbons (Fsp3) is 0.154. The van der Waals surface area contributed by atoms with E-state index in [0.717, 1.165) is 27.1 Å². The molecule has 3 aromatic carbocycles. The number of benzene rings is 3. The number of carbonyl (C=O) groups excluding carboxylic acids is 1. The third-order valence-corrected chi connectivity index (χ3v) is 8.41. The zero-order chi connectivity index (χ0) is 29.2. The van der Waals surface area contributed by atoms with E-state index >= 15 is 0 Å². The second-order valence-corrected chi connectivity index (χ2v) is 11.5. The number of rotatable bonds is 5. The van der Waals surface area contributed by atoms with Crippen molar-refractivity contribution in [1.29, 1.82) is 0 Å². The lowest BCUT2D eigenvalue weighted by molar-refractivity contribution is -0.257. The zero-order valence-electron chi connectivity index (χ0n) is 19.9. The average molecular weight is 587 g/mol. The minimum absolute atomic E-state index is 0.140. The molecule has 1 heterocycles. The number of ether oxygens (including phenoxy) is 1. The fourth-order valence-electron chi connectivity index (χ4n) is 3.40. The molecule has 1 aromatic heterocycles. The highest BCUT2D eigenvalue weighted by Gasteiger charge is 2.62. The van der Waals surface area contributed by atoms with Crippen LogP contribution in [0.3, 0.4) is 0 Å². The van der Waals surface area contributed by atoms with Crippen LogP contribution in [-0.4, -0.2) is 36.5 Å². The van der Waals surface area contributed by atoms with Crippen LogP contribution in [0.25, 0.3) is 25.1 Å². The quantitative estimate of drug-likeness (QED) is 0.0683. The van der Waals surface area contributed by atoms with Crippen molar-refractivity contribution in [2.24, 2.45) is 0 Å². The van der Waals surface area contributed by atoms with Gasteiger partial charge in [-0.15, -0.1) is 0 Å². The maximum absolute atomic E-state index is 12.8. The van der Waals surface area contributed by atoms with Gasteiger partial charge in [-0.3, -0.25) is 4.79 Å². The number of fused-ring (bicyclic) bond motifs is 2. The number of hydrogen-bond donors (Lipinski definition) is 0. The van der Waals surface area contributed by atoms with Gasteiger partial charge in [0.15, 0.2) is 24.4 Å². The normalized spacial score (nSPS) is 12.9. The van der Waals surface area contributed by atoms with Crippen LogP contribution in [0.1, 0.15) is 6.92 Å². The molecule has 4 rings (SSSR count). The molecule has 0 aliphatic rings. The number of alkyl halides is 5. The molecule has 4 aromatic rings. The monoisotopic (exact) mass is 586 g/mol. The summed E-state index contributed by atoms with van der Waals surface area (Å²) in [6.07, 6.45) is -10.3. The molecule has 6 nitrogen and oxygen atoms in total. The zero-order valence-corrected chi connectivity index (χ0v) is 21.6. The van der Waals surface area contributed by atoms with Gasteiger partial charge in [-0.1, -0.05) is 49.0 Å². The Hall–Kier alpha value is -3.68. The van der Waals surface area contributed by atoms with Gasteiger partial charge >= 0.3 is 17.4 Å². The SMILES string of the molecule is C=C(C)C(=O)OC(C(F)(F)F)C(F)(F)S(=O)(=O)[O-].O=c1c2ccccc2[s+](-c2ccccc2)c2ccccc12. The van der Waals surface area contributed by atoms with Crippen LogP contribution < -0.4 is 5.43 Å². The molecule has 0 radical (unpaired) electrons. The Morgan fingerprint density at radius 1 is 0.872 bits per heavy atom. The van der Waals surface area contributed by atoms with Crippen molar-refractivity contribution < 1.29 is 44.5 Å². The number of carbonyl (C=O) groups is 1. The summed E-state index contributed by atoms with van der Waals surface area (Å²) < 4.78 is 97.9. The standard InChI is InChI=1S/C19H13OS.C7H7F5O5S/c20-19-15-10-4-6-12-17(15)21(14-8-2-1-3-9-14)18-13-7-5-11-16(18)19;1-3(2)4(13)17-5(6(8,9)10)7(11,12)18(14,15)16/h1-13H;5H,1H2,2H3,(H,14,15,16)/q+1;/p-1. The Labute approximate surface area is 221 Å². The molecule has 0 spiro atoms. The van der Waals surface area contributed by atoms with E-state index in [-0.39, 0.29) is 15.9 Å². The van der Waals surface area contributed by atoms with Crippen LogP contribution >= 0.6 is 10.5 Å². The number of halogens is 5. The maximum atomic E-state index is 12.8. The highest BCUT2D eigenvalue weighted by molar-refractivity contribution is 7.86. The van der Waals surface area contributed by atoms with Gasteiger partial charge in [-0.05, 0) is 43.3 Å². The van der Waals surface area contributed by atoms with Gasteiger partial charge in [-0.2, -0.15) is 22.0 Å². The molecule has 1 unspecified atom stereocenters. The van der Waals surface area contributed by atoms with Crippen molar-refractivity contribution in [3.05, 3.63) is 101 Å². The Morgan fingerprint density at radius 2 is 1.31 bits per heavy atom. The van der Waals surface area contributed by atoms with Crippen molar-refractivity contribution in [2.45, 2.75) is 24.5 Å². The molecule has 1 atom stereocenters. The third kappa shape index (κ3) is 6.32. The highest BCUT2D eigenvalue weighted by atomic mass is 32.2. The molecule has 13 heteroatoms. The second kappa shape index (κ2) is 11.2. The van der Waals surface area contributed by atoms with Gasteiger partial charge in [0.25, 0.3) is 6.10 Å². The molecule has 0 N–H and O–H groups in total. The Bertz CT molecular complexity index is 1640. The van der Waals surface area contributed by atoms with Crippen LogP contribution in [0.4, 0.5) is 22.0 Å². The summed E-state index contributed by atoms with van der Waals surface area (Å²) in [7, 11) is -6.87. The molecule has 39 heavy (non-hydrogen) atoms. The first-order chi connectivity index (χ1) is 18.1. The average Bonchev–Trinajstić information content (AvgIpc) is 2.87. The van der Waals surface area contributed by atoms with Gasteiger partial charge in [0.1, 0.15) is 0 Å². The van der Waals surface area contributed by atoms with Crippen molar-refractivity contribution in [1.82, 2.24) is 0 Å². The Morgan fingerprint density at radius 3 is 1.72 bits per heavy atom. The van der Waals surface area contributed by atoms with Gasteiger partial charge in [0.05, 0.1) is 10.8 Å². The lowest BCUT2D eigenvalue weighted by Gasteiger charge is -2.29. The molecule has 0 aliphatic heterocycles. The summed E-state index contributed by atoms with van der Waals surface area (Å²) in [6, 6.07) is 26.4. The number of esters is 1. The molecule has 0 aliphatic carbocycles. The predicted molar refractivity (Wildman–Crippen MR) is 137 cm³/mol. The lowest BCUT2D eigenvalue weighted by Crippen LogP contribution is -2.52. The fourth-order valence-corrected chi connectivity index (χ4v) is 6.21. The maximum Gasteiger partial charge on any atom is 0.432 e. The van der Waals surface area contributed by atoms with Crippen LogP contribution in [-0.2, 0) is 19.6 Å². The summed E-state index contributed by atoms with van der Waals surface area (Å²) in [5, 5.41) is -4.16. The summed E-state index contributed by atoms with van der Waals surface area (Å²) in [6.45, 7) is 3.67. The topological polar surface area (TPSA) is 101 Å². The minimum atomic E-state index is -6.67. The van der Waals surface area contributed by atoms with Crippen molar-refractivity contribution >= 4 is 46.7 Å². The Kier molecular flexibility index (Phi) is 8.58. The van der Waals surface area contributed by atoms with Crippen molar-refractivity contribution in [3.63, 3.8) is 0 Å². The summed E-state index contributed by atoms with van der Waals surface area (Å²) in [5.41, 5.74) is -0.538. The first-order valence-electron chi connectivity index (χ1n) is 10.9. The van der Waals surface area contributed by atoms with E-state index in [1.807, 2.05) is 42.5 Å². The largest absolute Gasteiger partial charge is 0.743 e. The highest BCUT2D eigenvalue weighted by Crippen LogP contribution is 2.42. The second-order valence-electron chi connectivity index (χ2n) is 8.06. The van der Waals surface area contributed by atoms with Gasteiger partial charge in [0.2, 0.25) is 5.43 Å². The molecule has 0 saturated carbocycles. The molecule has 0 bridgehead atoms. The van der Waals surface area contributed by atoms with Crippen LogP contribution in [0.2, 0.25) is 0 Å². The van der Waals surface area contributed by atoms with E-state index in [1.165, 1.54) is 4.90 Å². The van der Waals surface area contributed by atoms with Crippen molar-refractivity contribution in [3.8, 4) is 4.90 Å². The summed E-state index contributed by atoms with van der Waals surface area (Å²) in [5.74, 6) is -1.90. The van der Waals surface area contributed by atoms with E-state index in [9.17, 15) is 44.5 Å². The van der Waals surface area contributed by atoms with Crippen LogP contribution in [0, 0.1) is 0 Å². The Balaban J connectivity index is 0.000000220.